The van der Waals surface area contributed by atoms with Crippen LogP contribution in [0.1, 0.15) is 0 Å². The van der Waals surface area contributed by atoms with Gasteiger partial charge in [0.2, 0.25) is 5.16 Å². The van der Waals surface area contributed by atoms with Crippen LogP contribution >= 0.6 is 39.3 Å². The highest BCUT2D eigenvalue weighted by molar-refractivity contribution is 9.10. The average molecular weight is 365 g/mol. The molecule has 7 nitrogen and oxygen atoms in total. The van der Waals surface area contributed by atoms with Gasteiger partial charge in [-0.2, -0.15) is 0 Å². The Kier molecular flexibility index (Phi) is 4.72. The van der Waals surface area contributed by atoms with Gasteiger partial charge < -0.3 is 4.74 Å². The van der Waals surface area contributed by atoms with E-state index < -0.39 is 5.97 Å². The first kappa shape index (κ1) is 14.2. The Hall–Kier alpha value is -1.19. The quantitative estimate of drug-likeness (QED) is 0.765. The zero-order valence-corrected chi connectivity index (χ0v) is 12.7. The van der Waals surface area contributed by atoms with E-state index in [0.717, 1.165) is 16.2 Å². The third-order valence-electron chi connectivity index (χ3n) is 1.97. The Morgan fingerprint density at radius 2 is 2.42 bits per heavy atom. The highest BCUT2D eigenvalue weighted by atomic mass is 79.9. The van der Waals surface area contributed by atoms with Gasteiger partial charge in [-0.25, -0.2) is 9.67 Å². The molecule has 0 saturated carbocycles. The summed E-state index contributed by atoms with van der Waals surface area (Å²) in [6.07, 6.45) is 1.61. The van der Waals surface area contributed by atoms with Crippen LogP contribution in [-0.2, 0) is 16.1 Å². The molecule has 0 aliphatic carbocycles. The van der Waals surface area contributed by atoms with E-state index in [4.69, 9.17) is 11.6 Å². The molecule has 0 aliphatic rings. The Bertz CT molecular complexity index is 608. The van der Waals surface area contributed by atoms with Gasteiger partial charge in [-0.15, -0.1) is 5.10 Å². The lowest BCUT2D eigenvalue weighted by atomic mass is 10.5. The number of tetrazole rings is 1. The van der Waals surface area contributed by atoms with E-state index >= 15 is 0 Å². The normalized spacial score (nSPS) is 10.5. The Morgan fingerprint density at radius 1 is 1.63 bits per heavy atom. The van der Waals surface area contributed by atoms with E-state index in [9.17, 15) is 4.79 Å². The molecule has 0 unspecified atom stereocenters. The smallest absolute Gasteiger partial charge is 0.327 e. The number of hydrogen-bond donors (Lipinski definition) is 0. The molecule has 0 bridgehead atoms. The minimum atomic E-state index is -0.441. The maximum Gasteiger partial charge on any atom is 0.327 e. The van der Waals surface area contributed by atoms with E-state index in [2.05, 4.69) is 41.2 Å². The molecule has 0 aliphatic heterocycles. The van der Waals surface area contributed by atoms with E-state index in [-0.39, 0.29) is 6.54 Å². The number of hydrogen-bond acceptors (Lipinski definition) is 7. The molecule has 2 rings (SSSR count). The predicted molar refractivity (Wildman–Crippen MR) is 70.9 cm³/mol. The van der Waals surface area contributed by atoms with Gasteiger partial charge in [0.1, 0.15) is 11.6 Å². The van der Waals surface area contributed by atoms with Crippen LogP contribution in [0.2, 0.25) is 5.02 Å². The molecule has 100 valence electrons. The van der Waals surface area contributed by atoms with E-state index in [0.29, 0.717) is 15.2 Å². The topological polar surface area (TPSA) is 82.8 Å². The second-order valence-electron chi connectivity index (χ2n) is 3.24. The molecule has 0 atom stereocenters. The van der Waals surface area contributed by atoms with Crippen LogP contribution in [0.5, 0.6) is 0 Å². The molecule has 0 radical (unpaired) electrons. The second-order valence-corrected chi connectivity index (χ2v) is 5.52. The Balaban J connectivity index is 2.19. The van der Waals surface area contributed by atoms with Crippen molar-refractivity contribution in [2.45, 2.75) is 16.7 Å². The summed E-state index contributed by atoms with van der Waals surface area (Å²) in [7, 11) is 1.30. The van der Waals surface area contributed by atoms with Crippen LogP contribution < -0.4 is 0 Å². The van der Waals surface area contributed by atoms with Gasteiger partial charge in [0.05, 0.1) is 12.1 Å². The standard InChI is InChI=1S/C9H7BrClN5O2S/c1-18-7(17)4-16-9(13-14-15-16)19-8-6(11)2-5(10)3-12-8/h2-3H,4H2,1H3. The third kappa shape index (κ3) is 3.64. The van der Waals surface area contributed by atoms with Crippen LogP contribution in [0, 0.1) is 0 Å². The zero-order valence-electron chi connectivity index (χ0n) is 9.58. The maximum atomic E-state index is 11.2. The average Bonchev–Trinajstić information content (AvgIpc) is 2.80. The lowest BCUT2D eigenvalue weighted by Gasteiger charge is -2.04. The minimum Gasteiger partial charge on any atom is -0.468 e. The number of methoxy groups -OCH3 is 1. The fourth-order valence-corrected chi connectivity index (χ4v) is 2.58. The summed E-state index contributed by atoms with van der Waals surface area (Å²) in [5, 5.41) is 12.4. The van der Waals surface area contributed by atoms with Crippen molar-refractivity contribution in [1.82, 2.24) is 25.2 Å². The van der Waals surface area contributed by atoms with Gasteiger partial charge in [-0.05, 0) is 44.2 Å². The molecule has 2 heterocycles. The van der Waals surface area contributed by atoms with Gasteiger partial charge in [0, 0.05) is 10.7 Å². The lowest BCUT2D eigenvalue weighted by Crippen LogP contribution is -2.13. The Labute approximate surface area is 125 Å². The van der Waals surface area contributed by atoms with Gasteiger partial charge >= 0.3 is 5.97 Å². The molecule has 0 aromatic carbocycles. The molecular formula is C9H7BrClN5O2S. The summed E-state index contributed by atoms with van der Waals surface area (Å²) < 4.78 is 6.65. The van der Waals surface area contributed by atoms with Gasteiger partial charge in [0.25, 0.3) is 0 Å². The van der Waals surface area contributed by atoms with Crippen LogP contribution in [0.25, 0.3) is 0 Å². The van der Waals surface area contributed by atoms with Crippen molar-refractivity contribution in [2.24, 2.45) is 0 Å². The minimum absolute atomic E-state index is 0.0695. The number of aromatic nitrogens is 5. The Morgan fingerprint density at radius 3 is 3.11 bits per heavy atom. The molecule has 2 aromatic rings. The van der Waals surface area contributed by atoms with Crippen molar-refractivity contribution in [1.29, 1.82) is 0 Å². The second kappa shape index (κ2) is 6.31. The van der Waals surface area contributed by atoms with Crippen LogP contribution in [0.4, 0.5) is 0 Å². The zero-order chi connectivity index (χ0) is 13.8. The summed E-state index contributed by atoms with van der Waals surface area (Å²) in [5.74, 6) is -0.441. The van der Waals surface area contributed by atoms with Crippen molar-refractivity contribution >= 4 is 45.3 Å². The number of esters is 1. The number of nitrogens with zero attached hydrogens (tertiary/aromatic N) is 5. The third-order valence-corrected chi connectivity index (χ3v) is 3.80. The highest BCUT2D eigenvalue weighted by Gasteiger charge is 2.14. The summed E-state index contributed by atoms with van der Waals surface area (Å²) in [5.41, 5.74) is 0. The first-order valence-electron chi connectivity index (χ1n) is 4.92. The number of rotatable bonds is 4. The summed E-state index contributed by atoms with van der Waals surface area (Å²) in [6, 6.07) is 1.71. The SMILES string of the molecule is COC(=O)Cn1nnnc1Sc1ncc(Br)cc1Cl. The molecule has 0 spiro atoms. The van der Waals surface area contributed by atoms with Gasteiger partial charge in [-0.1, -0.05) is 11.6 Å². The molecule has 0 saturated heterocycles. The molecule has 0 fully saturated rings. The van der Waals surface area contributed by atoms with Crippen LogP contribution in [-0.4, -0.2) is 38.3 Å². The first-order valence-corrected chi connectivity index (χ1v) is 6.90. The number of carbonyl (C=O) groups excluding carboxylic acids is 1. The number of ether oxygens (including phenoxy) is 1. The van der Waals surface area contributed by atoms with Crippen LogP contribution in [0.15, 0.2) is 26.9 Å². The molecule has 2 aromatic heterocycles. The monoisotopic (exact) mass is 363 g/mol. The van der Waals surface area contributed by atoms with Crippen molar-refractivity contribution in [3.05, 3.63) is 21.8 Å². The number of carbonyl (C=O) groups is 1. The molecule has 19 heavy (non-hydrogen) atoms. The molecule has 10 heteroatoms. The van der Waals surface area contributed by atoms with Crippen molar-refractivity contribution in [3.8, 4) is 0 Å². The van der Waals surface area contributed by atoms with E-state index in [1.807, 2.05) is 0 Å². The highest BCUT2D eigenvalue weighted by Crippen LogP contribution is 2.31. The van der Waals surface area contributed by atoms with E-state index in [1.54, 1.807) is 12.3 Å². The van der Waals surface area contributed by atoms with Crippen molar-refractivity contribution < 1.29 is 9.53 Å². The summed E-state index contributed by atoms with van der Waals surface area (Å²) >= 11 is 10.5. The largest absolute Gasteiger partial charge is 0.468 e. The number of halogens is 2. The van der Waals surface area contributed by atoms with Gasteiger partial charge in [-0.3, -0.25) is 4.79 Å². The fourth-order valence-electron chi connectivity index (χ4n) is 1.12. The maximum absolute atomic E-state index is 11.2. The summed E-state index contributed by atoms with van der Waals surface area (Å²) in [4.78, 5) is 15.4. The number of pyridine rings is 1. The molecule has 0 N–H and O–H groups in total. The summed E-state index contributed by atoms with van der Waals surface area (Å²) in [6.45, 7) is -0.0695. The molecular weight excluding hydrogens is 358 g/mol. The van der Waals surface area contributed by atoms with Crippen molar-refractivity contribution in [2.75, 3.05) is 7.11 Å². The first-order chi connectivity index (χ1) is 9.10. The predicted octanol–water partition coefficient (Wildman–Crippen LogP) is 1.81. The van der Waals surface area contributed by atoms with Gasteiger partial charge in [0.15, 0.2) is 0 Å². The van der Waals surface area contributed by atoms with Crippen LogP contribution in [0.3, 0.4) is 0 Å². The fraction of sp³-hybridized carbons (Fsp3) is 0.222. The van der Waals surface area contributed by atoms with E-state index in [1.165, 1.54) is 11.8 Å². The lowest BCUT2D eigenvalue weighted by molar-refractivity contribution is -0.141. The van der Waals surface area contributed by atoms with Crippen molar-refractivity contribution in [3.63, 3.8) is 0 Å². The molecule has 0 amide bonds.